The summed E-state index contributed by atoms with van der Waals surface area (Å²) in [6, 6.07) is 14.6. The van der Waals surface area contributed by atoms with Crippen molar-refractivity contribution in [3.05, 3.63) is 71.5 Å². The van der Waals surface area contributed by atoms with Crippen molar-refractivity contribution in [3.63, 3.8) is 0 Å². The van der Waals surface area contributed by atoms with Crippen LogP contribution in [0.1, 0.15) is 34.5 Å². The Morgan fingerprint density at radius 2 is 1.84 bits per heavy atom. The van der Waals surface area contributed by atoms with Gasteiger partial charge in [0.2, 0.25) is 12.7 Å². The lowest BCUT2D eigenvalue weighted by atomic mass is 9.94. The number of anilines is 1. The molecule has 5 rings (SSSR count). The van der Waals surface area contributed by atoms with Crippen molar-refractivity contribution in [1.82, 2.24) is 4.98 Å². The zero-order valence-corrected chi connectivity index (χ0v) is 16.8. The lowest BCUT2D eigenvalue weighted by molar-refractivity contribution is -0.118. The molecular weight excluding hydrogens is 396 g/mol. The number of carbonyl (C=O) groups excluding carboxylic acids is 1. The molecule has 0 radical (unpaired) electrons. The molecule has 1 fully saturated rings. The maximum Gasteiger partial charge on any atom is 0.354 e. The Morgan fingerprint density at radius 3 is 2.61 bits per heavy atom. The molecule has 2 aliphatic rings. The first-order chi connectivity index (χ1) is 15.0. The molecular formula is C24H20N2O5. The summed E-state index contributed by atoms with van der Waals surface area (Å²) in [4.78, 5) is 28.3. The molecule has 7 heteroatoms. The fourth-order valence-electron chi connectivity index (χ4n) is 3.94. The van der Waals surface area contributed by atoms with Crippen molar-refractivity contribution in [2.24, 2.45) is 0 Å². The van der Waals surface area contributed by atoms with Crippen molar-refractivity contribution in [2.75, 3.05) is 12.1 Å². The molecule has 0 bridgehead atoms. The van der Waals surface area contributed by atoms with Gasteiger partial charge in [-0.25, -0.2) is 9.78 Å². The van der Waals surface area contributed by atoms with Crippen LogP contribution in [0.5, 0.6) is 11.5 Å². The number of ether oxygens (including phenoxy) is 2. The number of aryl methyl sites for hydroxylation is 1. The van der Waals surface area contributed by atoms with Crippen LogP contribution in [-0.4, -0.2) is 28.8 Å². The van der Waals surface area contributed by atoms with Gasteiger partial charge in [-0.15, -0.1) is 0 Å². The van der Waals surface area contributed by atoms with E-state index < -0.39 is 11.4 Å². The van der Waals surface area contributed by atoms with Gasteiger partial charge in [-0.3, -0.25) is 4.79 Å². The molecule has 2 aromatic carbocycles. The number of pyridine rings is 1. The van der Waals surface area contributed by atoms with E-state index in [2.05, 4.69) is 10.3 Å². The highest BCUT2D eigenvalue weighted by molar-refractivity contribution is 6.02. The Morgan fingerprint density at radius 1 is 1.03 bits per heavy atom. The largest absolute Gasteiger partial charge is 0.477 e. The highest BCUT2D eigenvalue weighted by Gasteiger charge is 2.51. The Kier molecular flexibility index (Phi) is 4.39. The quantitative estimate of drug-likeness (QED) is 0.648. The van der Waals surface area contributed by atoms with E-state index in [-0.39, 0.29) is 18.4 Å². The van der Waals surface area contributed by atoms with Gasteiger partial charge in [-0.2, -0.15) is 0 Å². The van der Waals surface area contributed by atoms with E-state index in [1.54, 1.807) is 6.07 Å². The van der Waals surface area contributed by atoms with Crippen LogP contribution in [0, 0.1) is 6.92 Å². The summed E-state index contributed by atoms with van der Waals surface area (Å²) in [6.07, 6.45) is 3.01. The minimum atomic E-state index is -1.08. The minimum Gasteiger partial charge on any atom is -0.477 e. The first-order valence-corrected chi connectivity index (χ1v) is 9.98. The van der Waals surface area contributed by atoms with Gasteiger partial charge in [0.25, 0.3) is 0 Å². The molecule has 0 spiro atoms. The summed E-state index contributed by atoms with van der Waals surface area (Å²) >= 11 is 0. The maximum absolute atomic E-state index is 13.2. The summed E-state index contributed by atoms with van der Waals surface area (Å²) < 4.78 is 10.8. The van der Waals surface area contributed by atoms with E-state index in [0.717, 1.165) is 35.1 Å². The van der Waals surface area contributed by atoms with E-state index >= 15 is 0 Å². The summed E-state index contributed by atoms with van der Waals surface area (Å²) in [7, 11) is 0. The first-order valence-electron chi connectivity index (χ1n) is 9.98. The zero-order chi connectivity index (χ0) is 21.6. The normalized spacial score (nSPS) is 15.4. The number of carboxylic acids is 1. The van der Waals surface area contributed by atoms with Crippen LogP contribution in [0.15, 0.2) is 54.7 Å². The molecule has 0 saturated heterocycles. The molecule has 1 saturated carbocycles. The average molecular weight is 416 g/mol. The number of hydrogen-bond acceptors (Lipinski definition) is 5. The second-order valence-electron chi connectivity index (χ2n) is 7.87. The number of carbonyl (C=O) groups is 2. The second kappa shape index (κ2) is 7.12. The lowest BCUT2D eigenvalue weighted by Gasteiger charge is -2.17. The number of nitrogens with one attached hydrogen (secondary N) is 1. The van der Waals surface area contributed by atoms with Gasteiger partial charge >= 0.3 is 5.97 Å². The van der Waals surface area contributed by atoms with Crippen molar-refractivity contribution < 1.29 is 24.2 Å². The van der Waals surface area contributed by atoms with Gasteiger partial charge in [0.1, 0.15) is 5.69 Å². The van der Waals surface area contributed by atoms with Crippen LogP contribution >= 0.6 is 0 Å². The van der Waals surface area contributed by atoms with Crippen LogP contribution in [0.4, 0.5) is 5.69 Å². The van der Waals surface area contributed by atoms with Crippen molar-refractivity contribution >= 4 is 17.6 Å². The van der Waals surface area contributed by atoms with Crippen molar-refractivity contribution in [2.45, 2.75) is 25.2 Å². The van der Waals surface area contributed by atoms with Gasteiger partial charge in [0, 0.05) is 11.9 Å². The molecule has 31 heavy (non-hydrogen) atoms. The number of aromatic nitrogens is 1. The Labute approximate surface area is 178 Å². The van der Waals surface area contributed by atoms with Crippen LogP contribution in [0.25, 0.3) is 11.1 Å². The van der Waals surface area contributed by atoms with Gasteiger partial charge in [-0.1, -0.05) is 12.1 Å². The number of benzene rings is 2. The smallest absolute Gasteiger partial charge is 0.354 e. The van der Waals surface area contributed by atoms with Crippen LogP contribution in [0.2, 0.25) is 0 Å². The van der Waals surface area contributed by atoms with E-state index in [1.807, 2.05) is 43.3 Å². The number of rotatable bonds is 5. The Balaban J connectivity index is 1.42. The number of amides is 1. The summed E-state index contributed by atoms with van der Waals surface area (Å²) in [5.41, 5.74) is 3.53. The van der Waals surface area contributed by atoms with Crippen molar-refractivity contribution in [3.8, 4) is 22.6 Å². The number of aromatic carboxylic acids is 1. The van der Waals surface area contributed by atoms with Gasteiger partial charge < -0.3 is 19.9 Å². The predicted molar refractivity (Wildman–Crippen MR) is 113 cm³/mol. The zero-order valence-electron chi connectivity index (χ0n) is 16.8. The molecule has 1 aliphatic heterocycles. The van der Waals surface area contributed by atoms with Crippen LogP contribution < -0.4 is 14.8 Å². The predicted octanol–water partition coefficient (Wildman–Crippen LogP) is 4.15. The fraction of sp³-hybridized carbons (Fsp3) is 0.208. The SMILES string of the molecule is Cc1ccc(NC(=O)C2(c3ccc4c(c3)OCO4)CC2)cc1-c1ccnc(C(=O)O)c1. The van der Waals surface area contributed by atoms with Crippen LogP contribution in [0.3, 0.4) is 0 Å². The molecule has 7 nitrogen and oxygen atoms in total. The first kappa shape index (κ1) is 19.1. The molecule has 156 valence electrons. The van der Waals surface area contributed by atoms with Crippen LogP contribution in [-0.2, 0) is 10.2 Å². The van der Waals surface area contributed by atoms with E-state index in [9.17, 15) is 14.7 Å². The molecule has 0 atom stereocenters. The van der Waals surface area contributed by atoms with E-state index in [1.165, 1.54) is 12.3 Å². The highest BCUT2D eigenvalue weighted by Crippen LogP contribution is 2.51. The summed E-state index contributed by atoms with van der Waals surface area (Å²) in [6.45, 7) is 2.14. The number of carboxylic acid groups (broad SMARTS) is 1. The molecule has 2 N–H and O–H groups in total. The third-order valence-corrected chi connectivity index (χ3v) is 5.90. The van der Waals surface area contributed by atoms with E-state index in [0.29, 0.717) is 17.2 Å². The Hall–Kier alpha value is -3.87. The maximum atomic E-state index is 13.2. The van der Waals surface area contributed by atoms with Gasteiger partial charge in [0.05, 0.1) is 5.41 Å². The molecule has 1 aromatic heterocycles. The summed E-state index contributed by atoms with van der Waals surface area (Å²) in [5.74, 6) is 0.216. The number of fused-ring (bicyclic) bond motifs is 1. The second-order valence-corrected chi connectivity index (χ2v) is 7.87. The molecule has 1 aliphatic carbocycles. The standard InChI is InChI=1S/C24H20N2O5/c1-14-2-4-17(12-18(14)15-6-9-25-19(10-15)22(27)28)26-23(29)24(7-8-24)16-3-5-20-21(11-16)31-13-30-20/h2-6,9-12H,7-8,13H2,1H3,(H,26,29)(H,27,28). The fourth-order valence-corrected chi connectivity index (χ4v) is 3.94. The molecule has 2 heterocycles. The summed E-state index contributed by atoms with van der Waals surface area (Å²) in [5, 5.41) is 12.3. The topological polar surface area (TPSA) is 97.8 Å². The van der Waals surface area contributed by atoms with E-state index in [4.69, 9.17) is 9.47 Å². The Bertz CT molecular complexity index is 1220. The third-order valence-electron chi connectivity index (χ3n) is 5.90. The number of nitrogens with zero attached hydrogens (tertiary/aromatic N) is 1. The molecule has 1 amide bonds. The minimum absolute atomic E-state index is 0.0221. The van der Waals surface area contributed by atoms with Gasteiger partial charge in [0.15, 0.2) is 11.5 Å². The monoisotopic (exact) mass is 416 g/mol. The lowest BCUT2D eigenvalue weighted by Crippen LogP contribution is -2.27. The average Bonchev–Trinajstić information content (AvgIpc) is 3.46. The molecule has 3 aromatic rings. The van der Waals surface area contributed by atoms with Gasteiger partial charge in [-0.05, 0) is 78.4 Å². The highest BCUT2D eigenvalue weighted by atomic mass is 16.7. The number of hydrogen-bond donors (Lipinski definition) is 2. The van der Waals surface area contributed by atoms with Crippen molar-refractivity contribution in [1.29, 1.82) is 0 Å². The third kappa shape index (κ3) is 3.38. The molecule has 0 unspecified atom stereocenters.